The average molecular weight is 444 g/mol. The van der Waals surface area contributed by atoms with Crippen molar-refractivity contribution in [3.8, 4) is 0 Å². The molecule has 0 aliphatic rings. The summed E-state index contributed by atoms with van der Waals surface area (Å²) in [5.41, 5.74) is 3.36. The van der Waals surface area contributed by atoms with E-state index in [1.807, 2.05) is 61.5 Å². The Morgan fingerprint density at radius 2 is 1.81 bits per heavy atom. The summed E-state index contributed by atoms with van der Waals surface area (Å²) in [4.78, 5) is 32.6. The van der Waals surface area contributed by atoms with Crippen LogP contribution in [0, 0.1) is 6.92 Å². The molecule has 0 bridgehead atoms. The van der Waals surface area contributed by atoms with E-state index in [4.69, 9.17) is 0 Å². The van der Waals surface area contributed by atoms with Crippen molar-refractivity contribution in [3.63, 3.8) is 0 Å². The lowest BCUT2D eigenvalue weighted by atomic mass is 10.0. The van der Waals surface area contributed by atoms with Gasteiger partial charge in [-0.3, -0.25) is 19.5 Å². The summed E-state index contributed by atoms with van der Waals surface area (Å²) in [7, 11) is 0. The maximum Gasteiger partial charge on any atom is 0.280 e. The van der Waals surface area contributed by atoms with E-state index in [0.29, 0.717) is 17.8 Å². The number of nitrogens with one attached hydrogen (secondary N) is 1. The molecular formula is C24H21N5O2S. The molecule has 0 radical (unpaired) electrons. The van der Waals surface area contributed by atoms with Gasteiger partial charge in [-0.25, -0.2) is 0 Å². The van der Waals surface area contributed by atoms with Crippen molar-refractivity contribution >= 4 is 29.0 Å². The zero-order valence-electron chi connectivity index (χ0n) is 17.4. The van der Waals surface area contributed by atoms with E-state index in [9.17, 15) is 9.59 Å². The number of carbonyl (C=O) groups excluding carboxylic acids is 2. The Hall–Kier alpha value is -3.91. The van der Waals surface area contributed by atoms with Crippen molar-refractivity contribution in [2.75, 3.05) is 4.90 Å². The van der Waals surface area contributed by atoms with Crippen molar-refractivity contribution in [3.05, 3.63) is 107 Å². The lowest BCUT2D eigenvalue weighted by Gasteiger charge is -2.31. The second-order valence-corrected chi connectivity index (χ2v) is 7.80. The molecule has 4 aromatic rings. The fourth-order valence-electron chi connectivity index (χ4n) is 3.39. The first-order chi connectivity index (χ1) is 15.6. The van der Waals surface area contributed by atoms with Crippen molar-refractivity contribution in [1.29, 1.82) is 0 Å². The van der Waals surface area contributed by atoms with E-state index in [0.717, 1.165) is 22.7 Å². The van der Waals surface area contributed by atoms with Crippen LogP contribution in [0.5, 0.6) is 0 Å². The van der Waals surface area contributed by atoms with Crippen LogP contribution in [-0.4, -0.2) is 26.4 Å². The first-order valence-corrected chi connectivity index (χ1v) is 10.9. The second-order valence-electron chi connectivity index (χ2n) is 7.19. The monoisotopic (exact) mass is 443 g/mol. The number of hydrogen-bond acceptors (Lipinski definition) is 6. The van der Waals surface area contributed by atoms with Gasteiger partial charge in [-0.1, -0.05) is 47.0 Å². The molecule has 0 saturated heterocycles. The number of carbonyl (C=O) groups is 2. The minimum atomic E-state index is -0.919. The van der Waals surface area contributed by atoms with Gasteiger partial charge in [-0.15, -0.1) is 5.10 Å². The lowest BCUT2D eigenvalue weighted by molar-refractivity contribution is -0.122. The molecule has 32 heavy (non-hydrogen) atoms. The Morgan fingerprint density at radius 1 is 1.03 bits per heavy atom. The Kier molecular flexibility index (Phi) is 6.62. The standard InChI is InChI=1S/C24H21N5O2S/c1-17-6-5-9-20(14-17)29(24(31)21-16-32-28-27-21)22(19-10-12-25-13-11-19)23(30)26-15-18-7-3-2-4-8-18/h2-14,16,22H,15H2,1H3,(H,26,30)/t22-/m1/s1. The van der Waals surface area contributed by atoms with Crippen LogP contribution in [0.25, 0.3) is 0 Å². The van der Waals surface area contributed by atoms with Gasteiger partial charge in [-0.05, 0) is 59.4 Å². The first-order valence-electron chi connectivity index (χ1n) is 10.0. The second kappa shape index (κ2) is 9.93. The lowest BCUT2D eigenvalue weighted by Crippen LogP contribution is -2.44. The summed E-state index contributed by atoms with van der Waals surface area (Å²) < 4.78 is 3.82. The molecule has 1 N–H and O–H groups in total. The van der Waals surface area contributed by atoms with Crippen LogP contribution < -0.4 is 10.2 Å². The Balaban J connectivity index is 1.76. The highest BCUT2D eigenvalue weighted by atomic mass is 32.1. The van der Waals surface area contributed by atoms with Crippen molar-refractivity contribution in [2.45, 2.75) is 19.5 Å². The molecule has 0 aliphatic heterocycles. The third-order valence-electron chi connectivity index (χ3n) is 4.92. The number of hydrogen-bond donors (Lipinski definition) is 1. The molecule has 1 atom stereocenters. The highest BCUT2D eigenvalue weighted by Crippen LogP contribution is 2.30. The van der Waals surface area contributed by atoms with E-state index in [-0.39, 0.29) is 11.6 Å². The minimum Gasteiger partial charge on any atom is -0.350 e. The Morgan fingerprint density at radius 3 is 2.50 bits per heavy atom. The highest BCUT2D eigenvalue weighted by molar-refractivity contribution is 7.03. The van der Waals surface area contributed by atoms with Gasteiger partial charge in [0.25, 0.3) is 5.91 Å². The van der Waals surface area contributed by atoms with Gasteiger partial charge >= 0.3 is 0 Å². The fraction of sp³-hybridized carbons (Fsp3) is 0.125. The Labute approximate surface area is 189 Å². The molecule has 2 amide bonds. The van der Waals surface area contributed by atoms with Gasteiger partial charge in [-0.2, -0.15) is 0 Å². The van der Waals surface area contributed by atoms with Gasteiger partial charge < -0.3 is 5.32 Å². The van der Waals surface area contributed by atoms with Gasteiger partial charge in [0.2, 0.25) is 5.91 Å². The number of rotatable bonds is 7. The van der Waals surface area contributed by atoms with Crippen molar-refractivity contribution < 1.29 is 9.59 Å². The average Bonchev–Trinajstić information content (AvgIpc) is 3.37. The largest absolute Gasteiger partial charge is 0.350 e. The molecule has 0 fully saturated rings. The third-order valence-corrected chi connectivity index (χ3v) is 5.42. The SMILES string of the molecule is Cc1cccc(N(C(=O)c2csnn2)[C@@H](C(=O)NCc2ccccc2)c2ccncc2)c1. The molecule has 0 aliphatic carbocycles. The number of aromatic nitrogens is 3. The quantitative estimate of drug-likeness (QED) is 0.467. The molecule has 4 rings (SSSR count). The van der Waals surface area contributed by atoms with Crippen LogP contribution in [0.15, 0.2) is 84.5 Å². The van der Waals surface area contributed by atoms with Crippen molar-refractivity contribution in [2.24, 2.45) is 0 Å². The molecule has 0 saturated carbocycles. The van der Waals surface area contributed by atoms with Crippen LogP contribution in [-0.2, 0) is 11.3 Å². The van der Waals surface area contributed by atoms with E-state index in [1.54, 1.807) is 29.9 Å². The summed E-state index contributed by atoms with van der Waals surface area (Å²) >= 11 is 1.09. The van der Waals surface area contributed by atoms with Crippen LogP contribution in [0.2, 0.25) is 0 Å². The third kappa shape index (κ3) is 4.87. The van der Waals surface area contributed by atoms with E-state index in [2.05, 4.69) is 19.9 Å². The molecule has 8 heteroatoms. The Bertz CT molecular complexity index is 1180. The number of anilines is 1. The molecule has 2 heterocycles. The van der Waals surface area contributed by atoms with E-state index in [1.165, 1.54) is 4.90 Å². The minimum absolute atomic E-state index is 0.187. The van der Waals surface area contributed by atoms with Crippen molar-refractivity contribution in [1.82, 2.24) is 19.9 Å². The van der Waals surface area contributed by atoms with Crippen LogP contribution in [0.3, 0.4) is 0 Å². The van der Waals surface area contributed by atoms with Gasteiger partial charge in [0.05, 0.1) is 0 Å². The van der Waals surface area contributed by atoms with Gasteiger partial charge in [0.1, 0.15) is 6.04 Å². The fourth-order valence-corrected chi connectivity index (χ4v) is 3.82. The highest BCUT2D eigenvalue weighted by Gasteiger charge is 2.34. The maximum absolute atomic E-state index is 13.5. The van der Waals surface area contributed by atoms with Gasteiger partial charge in [0, 0.05) is 30.0 Å². The molecule has 2 aromatic heterocycles. The van der Waals surface area contributed by atoms with Crippen LogP contribution in [0.1, 0.15) is 33.2 Å². The number of benzene rings is 2. The molecule has 2 aromatic carbocycles. The number of amides is 2. The van der Waals surface area contributed by atoms with Gasteiger partial charge in [0.15, 0.2) is 5.69 Å². The number of pyridine rings is 1. The van der Waals surface area contributed by atoms with E-state index >= 15 is 0 Å². The molecule has 160 valence electrons. The number of aryl methyl sites for hydroxylation is 1. The number of nitrogens with zero attached hydrogens (tertiary/aromatic N) is 4. The summed E-state index contributed by atoms with van der Waals surface area (Å²) in [6.45, 7) is 2.28. The maximum atomic E-state index is 13.5. The summed E-state index contributed by atoms with van der Waals surface area (Å²) in [6, 6.07) is 19.7. The first kappa shape index (κ1) is 21.3. The zero-order chi connectivity index (χ0) is 22.3. The van der Waals surface area contributed by atoms with E-state index < -0.39 is 11.9 Å². The topological polar surface area (TPSA) is 88.1 Å². The predicted octanol–water partition coefficient (Wildman–Crippen LogP) is 3.95. The smallest absolute Gasteiger partial charge is 0.280 e. The molecule has 0 spiro atoms. The molecule has 7 nitrogen and oxygen atoms in total. The van der Waals surface area contributed by atoms with Crippen LogP contribution >= 0.6 is 11.5 Å². The molecular weight excluding hydrogens is 422 g/mol. The normalized spacial score (nSPS) is 11.5. The van der Waals surface area contributed by atoms with Crippen LogP contribution in [0.4, 0.5) is 5.69 Å². The summed E-state index contributed by atoms with van der Waals surface area (Å²) in [5, 5.41) is 8.50. The molecule has 0 unspecified atom stereocenters. The summed E-state index contributed by atoms with van der Waals surface area (Å²) in [6.07, 6.45) is 3.21. The summed E-state index contributed by atoms with van der Waals surface area (Å²) in [5.74, 6) is -0.709. The predicted molar refractivity (Wildman–Crippen MR) is 123 cm³/mol. The zero-order valence-corrected chi connectivity index (χ0v) is 18.2.